The standard InChI is InChI=1S/C68H122N6O30/c75-39-46-56(87)59(90)62(93)65(102-46)99-33-14-10-20-45(78)19-9-13-28-69-51(81)25-36-96-42-68(74-54(84)23-7-5-3-1-2-4-6-8-24-55(85)86,43-97-37-26-52(82)72-31-17-29-70-49(79)21-11-15-34-100-66-63(94)60(91)57(88)47(40-76)103-66)44-98-38-27-53(83)73-32-18-30-71-50(80)22-12-16-35-101-67-64(95)61(92)58(89)48(41-77)104-67/h46-48,56-67,75-77,87-95H,1-44H2,(H,69,81)(H,70,79)(H,71,80)(H,72,82)(H,73,83)(H,74,84)(H,85,86)/t46?,47?,48?,56-,57-,58-,59+,60+,61+,62?,63?,64?,65-,66-,67-,68?/m1/s1. The quantitative estimate of drug-likeness (QED) is 0.0259. The van der Waals surface area contributed by atoms with Gasteiger partial charge < -0.3 is 141 Å². The summed E-state index contributed by atoms with van der Waals surface area (Å²) in [6.45, 7) is -1.31. The first-order valence-corrected chi connectivity index (χ1v) is 36.8. The molecule has 0 radical (unpaired) electrons. The zero-order chi connectivity index (χ0) is 76.5. The second-order valence-corrected chi connectivity index (χ2v) is 26.5. The Kier molecular flexibility index (Phi) is 49.8. The number of unbranched alkanes of at least 4 members (excludes halogenated alkanes) is 11. The van der Waals surface area contributed by atoms with E-state index in [2.05, 4.69) is 31.9 Å². The number of aliphatic hydroxyl groups excluding tert-OH is 12. The number of hydrogen-bond donors (Lipinski definition) is 19. The molecule has 6 unspecified atom stereocenters. The van der Waals surface area contributed by atoms with Crippen molar-refractivity contribution >= 4 is 47.2 Å². The summed E-state index contributed by atoms with van der Waals surface area (Å²) < 4.78 is 50.6. The minimum Gasteiger partial charge on any atom is -0.481 e. The molecule has 0 bridgehead atoms. The molecule has 3 rings (SSSR count). The minimum absolute atomic E-state index is 0.00330. The molecular formula is C68H122N6O30. The zero-order valence-corrected chi connectivity index (χ0v) is 60.0. The van der Waals surface area contributed by atoms with Crippen LogP contribution in [0, 0.1) is 0 Å². The molecule has 36 heteroatoms. The number of ether oxygens (including phenoxy) is 9. The molecule has 3 aliphatic rings. The van der Waals surface area contributed by atoms with Gasteiger partial charge in [-0.15, -0.1) is 0 Å². The molecule has 0 aromatic rings. The Labute approximate surface area is 607 Å². The van der Waals surface area contributed by atoms with Crippen molar-refractivity contribution in [2.24, 2.45) is 0 Å². The summed E-state index contributed by atoms with van der Waals surface area (Å²) in [5.74, 6) is -2.74. The van der Waals surface area contributed by atoms with Crippen LogP contribution in [0.25, 0.3) is 0 Å². The SMILES string of the molecule is O=C(O)CCCCCCCCCCC(=O)NC(COCCC(=O)NCCCCC(=O)CCCCO[C@@H]1OC(CO)[C@@H](O)[C@H](O)C1O)(COCCC(=O)NCCCNC(=O)CCCCO[C@@H]1OC(CO)[C@@H](O)[C@H](O)C1O)COCCC(=O)NCCCNC(=O)CCCCO[C@@H]1OC(CO)[C@@H](O)[C@H](O)C1O. The van der Waals surface area contributed by atoms with Gasteiger partial charge in [-0.05, 0) is 77.0 Å². The van der Waals surface area contributed by atoms with Crippen molar-refractivity contribution in [3.63, 3.8) is 0 Å². The Morgan fingerprint density at radius 2 is 0.577 bits per heavy atom. The fourth-order valence-electron chi connectivity index (χ4n) is 11.3. The van der Waals surface area contributed by atoms with E-state index in [0.717, 1.165) is 38.5 Å². The lowest BCUT2D eigenvalue weighted by Crippen LogP contribution is -2.59. The second-order valence-electron chi connectivity index (χ2n) is 26.5. The van der Waals surface area contributed by atoms with Gasteiger partial charge in [-0.1, -0.05) is 38.5 Å². The van der Waals surface area contributed by atoms with Crippen molar-refractivity contribution in [3.8, 4) is 0 Å². The number of aliphatic hydroxyl groups is 12. The highest BCUT2D eigenvalue weighted by Gasteiger charge is 2.46. The molecule has 604 valence electrons. The van der Waals surface area contributed by atoms with Gasteiger partial charge in [-0.25, -0.2) is 0 Å². The number of carboxylic acids is 1. The third kappa shape index (κ3) is 39.3. The van der Waals surface area contributed by atoms with E-state index in [9.17, 15) is 99.6 Å². The van der Waals surface area contributed by atoms with Crippen LogP contribution in [-0.4, -0.2) is 323 Å². The molecular weight excluding hydrogens is 1380 g/mol. The zero-order valence-electron chi connectivity index (χ0n) is 60.0. The van der Waals surface area contributed by atoms with Gasteiger partial charge in [0.25, 0.3) is 0 Å². The third-order valence-corrected chi connectivity index (χ3v) is 17.5. The summed E-state index contributed by atoms with van der Waals surface area (Å²) in [5.41, 5.74) is -1.40. The number of ketones is 1. The highest BCUT2D eigenvalue weighted by Crippen LogP contribution is 2.26. The molecule has 19 N–H and O–H groups in total. The van der Waals surface area contributed by atoms with Gasteiger partial charge in [0.2, 0.25) is 35.4 Å². The van der Waals surface area contributed by atoms with Gasteiger partial charge in [0.1, 0.15) is 84.6 Å². The van der Waals surface area contributed by atoms with Crippen molar-refractivity contribution in [2.45, 2.75) is 271 Å². The molecule has 6 amide bonds. The molecule has 0 saturated carbocycles. The highest BCUT2D eigenvalue weighted by atomic mass is 16.7. The lowest BCUT2D eigenvalue weighted by atomic mass is 9.99. The molecule has 3 saturated heterocycles. The van der Waals surface area contributed by atoms with E-state index in [1.807, 2.05) is 0 Å². The van der Waals surface area contributed by atoms with Crippen molar-refractivity contribution in [2.75, 3.05) is 112 Å². The molecule has 36 nitrogen and oxygen atoms in total. The van der Waals surface area contributed by atoms with E-state index in [1.54, 1.807) is 0 Å². The number of nitrogens with one attached hydrogen (secondary N) is 6. The van der Waals surface area contributed by atoms with E-state index in [1.165, 1.54) is 0 Å². The first kappa shape index (κ1) is 93.3. The Morgan fingerprint density at radius 3 is 0.913 bits per heavy atom. The maximum absolute atomic E-state index is 13.8. The Balaban J connectivity index is 1.51. The molecule has 15 atom stereocenters. The van der Waals surface area contributed by atoms with Crippen molar-refractivity contribution < 1.29 is 147 Å². The van der Waals surface area contributed by atoms with Crippen LogP contribution in [-0.2, 0) is 81.0 Å². The molecule has 0 aromatic carbocycles. The molecule has 0 aliphatic carbocycles. The summed E-state index contributed by atoms with van der Waals surface area (Å²) in [6, 6.07) is 0. The van der Waals surface area contributed by atoms with Crippen LogP contribution in [0.5, 0.6) is 0 Å². The molecule has 3 heterocycles. The van der Waals surface area contributed by atoms with E-state index >= 15 is 0 Å². The van der Waals surface area contributed by atoms with Crippen LogP contribution in [0.2, 0.25) is 0 Å². The van der Waals surface area contributed by atoms with Crippen molar-refractivity contribution in [3.05, 3.63) is 0 Å². The number of aliphatic carboxylic acids is 1. The Morgan fingerprint density at radius 1 is 0.298 bits per heavy atom. The van der Waals surface area contributed by atoms with Gasteiger partial charge in [0, 0.05) is 110 Å². The maximum atomic E-state index is 13.8. The van der Waals surface area contributed by atoms with Gasteiger partial charge in [-0.3, -0.25) is 38.4 Å². The first-order chi connectivity index (χ1) is 50.0. The fraction of sp³-hybridized carbons (Fsp3) is 0.882. The van der Waals surface area contributed by atoms with Crippen molar-refractivity contribution in [1.29, 1.82) is 0 Å². The van der Waals surface area contributed by atoms with Crippen LogP contribution in [0.4, 0.5) is 0 Å². The van der Waals surface area contributed by atoms with E-state index in [4.69, 9.17) is 47.7 Å². The predicted molar refractivity (Wildman–Crippen MR) is 365 cm³/mol. The lowest BCUT2D eigenvalue weighted by Gasteiger charge is -2.39. The first-order valence-electron chi connectivity index (χ1n) is 36.8. The normalized spacial score (nSPS) is 25.3. The molecule has 3 aliphatic heterocycles. The number of carbonyl (C=O) groups excluding carboxylic acids is 7. The number of carbonyl (C=O) groups is 8. The number of rotatable bonds is 61. The Bertz CT molecular complexity index is 2180. The third-order valence-electron chi connectivity index (χ3n) is 17.5. The average molecular weight is 1500 g/mol. The van der Waals surface area contributed by atoms with Crippen LogP contribution in [0.1, 0.15) is 173 Å². The highest BCUT2D eigenvalue weighted by molar-refractivity contribution is 5.79. The maximum Gasteiger partial charge on any atom is 0.303 e. The number of carboxylic acid groups (broad SMARTS) is 1. The summed E-state index contributed by atoms with van der Waals surface area (Å²) in [4.78, 5) is 101. The van der Waals surface area contributed by atoms with Gasteiger partial charge in [0.15, 0.2) is 18.9 Å². The molecule has 0 spiro atoms. The van der Waals surface area contributed by atoms with Crippen LogP contribution >= 0.6 is 0 Å². The summed E-state index contributed by atoms with van der Waals surface area (Å²) in [6.07, 6.45) is -9.47. The number of Topliss-reactive ketones (excluding diaryl/α,β-unsaturated/α-hetero) is 1. The molecule has 3 fully saturated rings. The topological polar surface area (TPSA) is 555 Å². The van der Waals surface area contributed by atoms with Gasteiger partial charge in [-0.2, -0.15) is 0 Å². The van der Waals surface area contributed by atoms with Gasteiger partial charge >= 0.3 is 5.97 Å². The summed E-state index contributed by atoms with van der Waals surface area (Å²) in [7, 11) is 0. The van der Waals surface area contributed by atoms with Crippen LogP contribution in [0.15, 0.2) is 0 Å². The smallest absolute Gasteiger partial charge is 0.303 e. The minimum atomic E-state index is -1.57. The largest absolute Gasteiger partial charge is 0.481 e. The molecule has 0 aromatic heterocycles. The van der Waals surface area contributed by atoms with Crippen LogP contribution in [0.3, 0.4) is 0 Å². The second kappa shape index (κ2) is 55.5. The summed E-state index contributed by atoms with van der Waals surface area (Å²) >= 11 is 0. The average Bonchev–Trinajstić information content (AvgIpc) is 0.839. The number of hydrogen-bond acceptors (Lipinski definition) is 29. The molecule has 104 heavy (non-hydrogen) atoms. The Hall–Kier alpha value is -4.88. The summed E-state index contributed by atoms with van der Waals surface area (Å²) in [5, 5.41) is 144. The van der Waals surface area contributed by atoms with Gasteiger partial charge in [0.05, 0.1) is 59.5 Å². The lowest BCUT2D eigenvalue weighted by molar-refractivity contribution is -0.301. The van der Waals surface area contributed by atoms with Crippen LogP contribution < -0.4 is 31.9 Å². The predicted octanol–water partition coefficient (Wildman–Crippen LogP) is -3.89. The number of amides is 6. The van der Waals surface area contributed by atoms with E-state index in [0.29, 0.717) is 77.0 Å². The van der Waals surface area contributed by atoms with E-state index < -0.39 is 123 Å². The van der Waals surface area contributed by atoms with E-state index in [-0.39, 0.29) is 191 Å². The fourth-order valence-corrected chi connectivity index (χ4v) is 11.3. The monoisotopic (exact) mass is 1500 g/mol. The van der Waals surface area contributed by atoms with Crippen molar-refractivity contribution in [1.82, 2.24) is 31.9 Å².